The maximum atomic E-state index is 12.9. The average Bonchev–Trinajstić information content (AvgIpc) is 2.76. The minimum absolute atomic E-state index is 0.0367. The first kappa shape index (κ1) is 23.6. The smallest absolute Gasteiger partial charge is 0.243 e. The van der Waals surface area contributed by atoms with Crippen molar-refractivity contribution >= 4 is 27.7 Å². The van der Waals surface area contributed by atoms with Crippen LogP contribution in [-0.2, 0) is 14.8 Å². The molecule has 1 saturated heterocycles. The van der Waals surface area contributed by atoms with E-state index >= 15 is 0 Å². The highest BCUT2D eigenvalue weighted by molar-refractivity contribution is 7.98. The largest absolute Gasteiger partial charge is 0.492 e. The Morgan fingerprint density at radius 2 is 1.71 bits per heavy atom. The van der Waals surface area contributed by atoms with Crippen molar-refractivity contribution in [2.45, 2.75) is 36.5 Å². The van der Waals surface area contributed by atoms with Crippen molar-refractivity contribution in [2.75, 3.05) is 32.5 Å². The molecule has 6 nitrogen and oxygen atoms in total. The van der Waals surface area contributed by atoms with Crippen LogP contribution in [0.25, 0.3) is 0 Å². The van der Waals surface area contributed by atoms with Gasteiger partial charge in [-0.1, -0.05) is 6.07 Å². The molecule has 1 fully saturated rings. The second kappa shape index (κ2) is 10.5. The van der Waals surface area contributed by atoms with E-state index in [-0.39, 0.29) is 11.8 Å². The van der Waals surface area contributed by atoms with Crippen molar-refractivity contribution in [3.8, 4) is 5.75 Å². The molecule has 1 aliphatic heterocycles. The van der Waals surface area contributed by atoms with Gasteiger partial charge in [0.05, 0.1) is 11.4 Å². The summed E-state index contributed by atoms with van der Waals surface area (Å²) in [5, 5.41) is 2.92. The van der Waals surface area contributed by atoms with Gasteiger partial charge in [-0.3, -0.25) is 4.79 Å². The standard InChI is InChI=1S/C23H30N2O4S2/c1-17-14-18(2)16-20(15-17)29-13-10-24-23(26)19-8-11-25(12-9-19)31(27,28)22-6-4-21(30-3)5-7-22/h4-7,14-16,19H,8-13H2,1-3H3,(H,24,26). The van der Waals surface area contributed by atoms with Crippen molar-refractivity contribution in [3.63, 3.8) is 0 Å². The molecule has 1 amide bonds. The molecule has 0 atom stereocenters. The van der Waals surface area contributed by atoms with E-state index in [2.05, 4.69) is 11.4 Å². The van der Waals surface area contributed by atoms with Gasteiger partial charge in [-0.25, -0.2) is 8.42 Å². The topological polar surface area (TPSA) is 75.7 Å². The number of hydrogen-bond donors (Lipinski definition) is 1. The molecular formula is C23H30N2O4S2. The zero-order chi connectivity index (χ0) is 22.4. The maximum Gasteiger partial charge on any atom is 0.243 e. The number of sulfonamides is 1. The highest BCUT2D eigenvalue weighted by Crippen LogP contribution is 2.25. The Labute approximate surface area is 189 Å². The number of carbonyl (C=O) groups excluding carboxylic acids is 1. The Morgan fingerprint density at radius 3 is 2.29 bits per heavy atom. The molecule has 0 spiro atoms. The highest BCUT2D eigenvalue weighted by Gasteiger charge is 2.31. The van der Waals surface area contributed by atoms with Crippen LogP contribution in [0.3, 0.4) is 0 Å². The summed E-state index contributed by atoms with van der Waals surface area (Å²) in [6.45, 7) is 5.56. The lowest BCUT2D eigenvalue weighted by molar-refractivity contribution is -0.126. The molecular weight excluding hydrogens is 432 g/mol. The van der Waals surface area contributed by atoms with Crippen LogP contribution in [0.1, 0.15) is 24.0 Å². The van der Waals surface area contributed by atoms with Gasteiger partial charge < -0.3 is 10.1 Å². The molecule has 2 aromatic carbocycles. The number of hydrogen-bond acceptors (Lipinski definition) is 5. The SMILES string of the molecule is CSc1ccc(S(=O)(=O)N2CCC(C(=O)NCCOc3cc(C)cc(C)c3)CC2)cc1. The van der Waals surface area contributed by atoms with Gasteiger partial charge in [-0.2, -0.15) is 4.31 Å². The summed E-state index contributed by atoms with van der Waals surface area (Å²) in [6.07, 6.45) is 2.99. The minimum Gasteiger partial charge on any atom is -0.492 e. The molecule has 1 aliphatic rings. The third-order valence-corrected chi connectivity index (χ3v) is 8.04. The van der Waals surface area contributed by atoms with Gasteiger partial charge in [0.15, 0.2) is 0 Å². The van der Waals surface area contributed by atoms with Crippen LogP contribution in [0.2, 0.25) is 0 Å². The predicted octanol–water partition coefficient (Wildman–Crippen LogP) is 3.62. The van der Waals surface area contributed by atoms with Crippen LogP contribution < -0.4 is 10.1 Å². The van der Waals surface area contributed by atoms with Crippen LogP contribution in [0.4, 0.5) is 0 Å². The summed E-state index contributed by atoms with van der Waals surface area (Å²) in [5.41, 5.74) is 2.28. The van der Waals surface area contributed by atoms with Gasteiger partial charge in [0.2, 0.25) is 15.9 Å². The van der Waals surface area contributed by atoms with Crippen molar-refractivity contribution < 1.29 is 17.9 Å². The molecule has 0 aliphatic carbocycles. The van der Waals surface area contributed by atoms with E-state index in [1.54, 1.807) is 23.9 Å². The molecule has 0 bridgehead atoms. The molecule has 0 aromatic heterocycles. The summed E-state index contributed by atoms with van der Waals surface area (Å²) >= 11 is 1.57. The van der Waals surface area contributed by atoms with Crippen LogP contribution >= 0.6 is 11.8 Å². The van der Waals surface area contributed by atoms with Gasteiger partial charge in [0, 0.05) is 23.9 Å². The van der Waals surface area contributed by atoms with Crippen LogP contribution in [0, 0.1) is 19.8 Å². The second-order valence-corrected chi connectivity index (χ2v) is 10.6. The monoisotopic (exact) mass is 462 g/mol. The number of thioether (sulfide) groups is 1. The molecule has 168 valence electrons. The average molecular weight is 463 g/mol. The van der Waals surface area contributed by atoms with Crippen molar-refractivity contribution in [1.82, 2.24) is 9.62 Å². The summed E-state index contributed by atoms with van der Waals surface area (Å²) in [5.74, 6) is 0.591. The summed E-state index contributed by atoms with van der Waals surface area (Å²) < 4.78 is 32.9. The molecule has 1 heterocycles. The van der Waals surface area contributed by atoms with E-state index in [0.29, 0.717) is 44.0 Å². The normalized spacial score (nSPS) is 15.6. The van der Waals surface area contributed by atoms with E-state index in [1.165, 1.54) is 4.31 Å². The second-order valence-electron chi connectivity index (χ2n) is 7.82. The molecule has 1 N–H and O–H groups in total. The van der Waals surface area contributed by atoms with Gasteiger partial charge in [-0.05, 0) is 80.5 Å². The zero-order valence-electron chi connectivity index (χ0n) is 18.3. The third-order valence-electron chi connectivity index (χ3n) is 5.39. The lowest BCUT2D eigenvalue weighted by Gasteiger charge is -2.30. The maximum absolute atomic E-state index is 12.9. The number of nitrogens with zero attached hydrogens (tertiary/aromatic N) is 1. The van der Waals surface area contributed by atoms with Crippen molar-refractivity contribution in [1.29, 1.82) is 0 Å². The number of rotatable bonds is 8. The molecule has 31 heavy (non-hydrogen) atoms. The lowest BCUT2D eigenvalue weighted by atomic mass is 9.97. The molecule has 0 unspecified atom stereocenters. The number of benzene rings is 2. The van der Waals surface area contributed by atoms with Crippen molar-refractivity contribution in [3.05, 3.63) is 53.6 Å². The fourth-order valence-electron chi connectivity index (χ4n) is 3.76. The van der Waals surface area contributed by atoms with E-state index in [0.717, 1.165) is 21.8 Å². The Balaban J connectivity index is 1.44. The van der Waals surface area contributed by atoms with E-state index in [4.69, 9.17) is 4.74 Å². The first-order valence-electron chi connectivity index (χ1n) is 10.4. The van der Waals surface area contributed by atoms with E-state index in [9.17, 15) is 13.2 Å². The molecule has 3 rings (SSSR count). The van der Waals surface area contributed by atoms with Crippen LogP contribution in [0.5, 0.6) is 5.75 Å². The number of carbonyl (C=O) groups is 1. The first-order chi connectivity index (χ1) is 14.8. The van der Waals surface area contributed by atoms with Gasteiger partial charge >= 0.3 is 0 Å². The zero-order valence-corrected chi connectivity index (χ0v) is 19.9. The van der Waals surface area contributed by atoms with E-state index < -0.39 is 10.0 Å². The number of piperidine rings is 1. The minimum atomic E-state index is -3.52. The quantitative estimate of drug-likeness (QED) is 0.479. The number of aryl methyl sites for hydroxylation is 2. The number of amides is 1. The van der Waals surface area contributed by atoms with E-state index in [1.807, 2.05) is 44.4 Å². The Hall–Kier alpha value is -2.03. The predicted molar refractivity (Wildman–Crippen MR) is 124 cm³/mol. The highest BCUT2D eigenvalue weighted by atomic mass is 32.2. The molecule has 0 saturated carbocycles. The third kappa shape index (κ3) is 6.24. The fourth-order valence-corrected chi connectivity index (χ4v) is 5.64. The Morgan fingerprint density at radius 1 is 1.10 bits per heavy atom. The summed E-state index contributed by atoms with van der Waals surface area (Å²) in [7, 11) is -3.52. The Bertz CT molecular complexity index is 978. The molecule has 2 aromatic rings. The summed E-state index contributed by atoms with van der Waals surface area (Å²) in [4.78, 5) is 13.8. The Kier molecular flexibility index (Phi) is 8.02. The fraction of sp³-hybridized carbons (Fsp3) is 0.435. The molecule has 8 heteroatoms. The molecule has 0 radical (unpaired) electrons. The van der Waals surface area contributed by atoms with Crippen LogP contribution in [-0.4, -0.2) is 51.1 Å². The lowest BCUT2D eigenvalue weighted by Crippen LogP contribution is -2.43. The first-order valence-corrected chi connectivity index (χ1v) is 13.1. The van der Waals surface area contributed by atoms with Gasteiger partial charge in [-0.15, -0.1) is 11.8 Å². The number of ether oxygens (including phenoxy) is 1. The summed E-state index contributed by atoms with van der Waals surface area (Å²) in [6, 6.07) is 13.0. The van der Waals surface area contributed by atoms with Gasteiger partial charge in [0.1, 0.15) is 12.4 Å². The van der Waals surface area contributed by atoms with Crippen LogP contribution in [0.15, 0.2) is 52.3 Å². The van der Waals surface area contributed by atoms with Crippen molar-refractivity contribution in [2.24, 2.45) is 5.92 Å². The van der Waals surface area contributed by atoms with Gasteiger partial charge in [0.25, 0.3) is 0 Å². The number of nitrogens with one attached hydrogen (secondary N) is 1.